The van der Waals surface area contributed by atoms with Crippen LogP contribution in [-0.2, 0) is 16.7 Å². The summed E-state index contributed by atoms with van der Waals surface area (Å²) < 4.78 is 37.1. The van der Waals surface area contributed by atoms with Gasteiger partial charge in [-0.15, -0.1) is 10.2 Å². The largest absolute Gasteiger partial charge is 0.486 e. The number of nitrogens with zero attached hydrogens (tertiary/aromatic N) is 4. The highest BCUT2D eigenvalue weighted by Crippen LogP contribution is 2.31. The first-order chi connectivity index (χ1) is 12.9. The number of aromatic nitrogens is 2. The average molecular weight is 415 g/mol. The van der Waals surface area contributed by atoms with Crippen molar-refractivity contribution < 1.29 is 22.4 Å². The molecule has 27 heavy (non-hydrogen) atoms. The average Bonchev–Trinajstić information content (AvgIpc) is 3.16. The molecule has 1 aromatic carbocycles. The van der Waals surface area contributed by atoms with Gasteiger partial charge in [0.05, 0.1) is 6.26 Å². The minimum absolute atomic E-state index is 0.636. The van der Waals surface area contributed by atoms with Crippen LogP contribution in [0.1, 0.15) is 5.56 Å². The Hall–Kier alpha value is -1.95. The summed E-state index contributed by atoms with van der Waals surface area (Å²) in [4.78, 5) is 4.76. The predicted molar refractivity (Wildman–Crippen MR) is 102 cm³/mol. The van der Waals surface area contributed by atoms with Gasteiger partial charge in [0.15, 0.2) is 11.5 Å². The molecule has 11 heteroatoms. The van der Waals surface area contributed by atoms with Gasteiger partial charge in [0.25, 0.3) is 10.1 Å². The molecular formula is C16H22N4O5S2. The van der Waals surface area contributed by atoms with E-state index in [9.17, 15) is 8.42 Å². The number of piperazine rings is 1. The Morgan fingerprint density at radius 1 is 1.15 bits per heavy atom. The number of ether oxygens (including phenoxy) is 2. The SMILES string of the molecule is CS(=O)(=O)O.c1nnc(N2CCN(Cc3ccc4c(c3)OCCO4)CC2)s1. The third-order valence-electron chi connectivity index (χ3n) is 4.00. The molecule has 1 fully saturated rings. The van der Waals surface area contributed by atoms with Crippen LogP contribution in [0.2, 0.25) is 0 Å². The molecule has 0 radical (unpaired) electrons. The Morgan fingerprint density at radius 2 is 1.81 bits per heavy atom. The fourth-order valence-corrected chi connectivity index (χ4v) is 3.46. The predicted octanol–water partition coefficient (Wildman–Crippen LogP) is 1.14. The van der Waals surface area contributed by atoms with Gasteiger partial charge in [-0.3, -0.25) is 9.45 Å². The van der Waals surface area contributed by atoms with Crippen molar-refractivity contribution in [1.82, 2.24) is 15.1 Å². The molecule has 3 heterocycles. The maximum absolute atomic E-state index is 9.19. The lowest BCUT2D eigenvalue weighted by molar-refractivity contribution is 0.171. The monoisotopic (exact) mass is 414 g/mol. The Morgan fingerprint density at radius 3 is 2.44 bits per heavy atom. The zero-order valence-electron chi connectivity index (χ0n) is 14.9. The minimum atomic E-state index is -3.67. The maximum atomic E-state index is 9.19. The van der Waals surface area contributed by atoms with E-state index in [1.807, 2.05) is 6.07 Å². The van der Waals surface area contributed by atoms with Gasteiger partial charge >= 0.3 is 0 Å². The highest BCUT2D eigenvalue weighted by molar-refractivity contribution is 7.85. The molecule has 0 bridgehead atoms. The van der Waals surface area contributed by atoms with E-state index in [0.29, 0.717) is 19.5 Å². The summed E-state index contributed by atoms with van der Waals surface area (Å²) in [6, 6.07) is 6.25. The molecule has 0 unspecified atom stereocenters. The van der Waals surface area contributed by atoms with Gasteiger partial charge in [0, 0.05) is 32.7 Å². The van der Waals surface area contributed by atoms with Gasteiger partial charge in [-0.25, -0.2) is 0 Å². The van der Waals surface area contributed by atoms with Gasteiger partial charge in [-0.05, 0) is 17.7 Å². The van der Waals surface area contributed by atoms with E-state index in [2.05, 4.69) is 32.1 Å². The van der Waals surface area contributed by atoms with Crippen LogP contribution in [0.25, 0.3) is 0 Å². The van der Waals surface area contributed by atoms with Crippen LogP contribution in [0.3, 0.4) is 0 Å². The van der Waals surface area contributed by atoms with Gasteiger partial charge < -0.3 is 14.4 Å². The Bertz CT molecular complexity index is 829. The van der Waals surface area contributed by atoms with Gasteiger partial charge in [0.1, 0.15) is 18.7 Å². The van der Waals surface area contributed by atoms with Crippen LogP contribution in [-0.4, -0.2) is 73.7 Å². The molecule has 0 amide bonds. The molecule has 0 aliphatic carbocycles. The minimum Gasteiger partial charge on any atom is -0.486 e. The van der Waals surface area contributed by atoms with E-state index in [4.69, 9.17) is 14.0 Å². The molecule has 0 atom stereocenters. The second kappa shape index (κ2) is 8.83. The second-order valence-corrected chi connectivity index (χ2v) is 8.47. The van der Waals surface area contributed by atoms with Crippen LogP contribution in [0.5, 0.6) is 11.5 Å². The van der Waals surface area contributed by atoms with Crippen LogP contribution in [0.4, 0.5) is 5.13 Å². The molecule has 9 nitrogen and oxygen atoms in total. The van der Waals surface area contributed by atoms with Crippen molar-refractivity contribution in [3.8, 4) is 11.5 Å². The van der Waals surface area contributed by atoms with E-state index in [1.54, 1.807) is 16.8 Å². The summed E-state index contributed by atoms with van der Waals surface area (Å²) in [5.74, 6) is 1.73. The van der Waals surface area contributed by atoms with Crippen molar-refractivity contribution >= 4 is 26.6 Å². The number of anilines is 1. The molecular weight excluding hydrogens is 392 g/mol. The standard InChI is InChI=1S/C15H18N4O2S.CH4O3S/c1-2-13-14(21-8-7-20-13)9-12(1)10-18-3-5-19(6-4-18)15-17-16-11-22-15;1-5(2,3)4/h1-2,9,11H,3-8,10H2;1H3,(H,2,3,4). The summed E-state index contributed by atoms with van der Waals surface area (Å²) >= 11 is 1.60. The Balaban J connectivity index is 0.000000376. The molecule has 1 saturated heterocycles. The first kappa shape index (κ1) is 19.8. The fraction of sp³-hybridized carbons (Fsp3) is 0.500. The molecule has 1 aromatic heterocycles. The smallest absolute Gasteiger partial charge is 0.261 e. The van der Waals surface area contributed by atoms with Crippen LogP contribution >= 0.6 is 11.3 Å². The van der Waals surface area contributed by atoms with Crippen molar-refractivity contribution in [2.45, 2.75) is 6.54 Å². The zero-order chi connectivity index (χ0) is 19.3. The molecule has 2 aliphatic rings. The van der Waals surface area contributed by atoms with E-state index in [0.717, 1.165) is 49.4 Å². The van der Waals surface area contributed by atoms with Crippen LogP contribution in [0, 0.1) is 0 Å². The van der Waals surface area contributed by atoms with Crippen LogP contribution < -0.4 is 14.4 Å². The van der Waals surface area contributed by atoms with Gasteiger partial charge in [0.2, 0.25) is 5.13 Å². The number of fused-ring (bicyclic) bond motifs is 1. The summed E-state index contributed by atoms with van der Waals surface area (Å²) in [5.41, 5.74) is 3.06. The first-order valence-electron chi connectivity index (χ1n) is 8.43. The lowest BCUT2D eigenvalue weighted by atomic mass is 10.1. The third-order valence-corrected chi connectivity index (χ3v) is 4.75. The topological polar surface area (TPSA) is 105 Å². The number of rotatable bonds is 3. The zero-order valence-corrected chi connectivity index (χ0v) is 16.6. The molecule has 2 aliphatic heterocycles. The van der Waals surface area contributed by atoms with Gasteiger partial charge in [-0.1, -0.05) is 17.4 Å². The maximum Gasteiger partial charge on any atom is 0.261 e. The Labute approximate surface area is 162 Å². The van der Waals surface area contributed by atoms with E-state index in [-0.39, 0.29) is 0 Å². The lowest BCUT2D eigenvalue weighted by Gasteiger charge is -2.34. The summed E-state index contributed by atoms with van der Waals surface area (Å²) in [6.07, 6.45) is 0.715. The van der Waals surface area contributed by atoms with Crippen molar-refractivity contribution in [1.29, 1.82) is 0 Å². The van der Waals surface area contributed by atoms with Crippen molar-refractivity contribution in [3.63, 3.8) is 0 Å². The quantitative estimate of drug-likeness (QED) is 0.740. The highest BCUT2D eigenvalue weighted by Gasteiger charge is 2.20. The van der Waals surface area contributed by atoms with Crippen molar-refractivity contribution in [3.05, 3.63) is 29.3 Å². The highest BCUT2D eigenvalue weighted by atomic mass is 32.2. The van der Waals surface area contributed by atoms with E-state index in [1.165, 1.54) is 5.56 Å². The lowest BCUT2D eigenvalue weighted by Crippen LogP contribution is -2.45. The summed E-state index contributed by atoms with van der Waals surface area (Å²) in [6.45, 7) is 6.29. The second-order valence-electron chi connectivity index (χ2n) is 6.20. The van der Waals surface area contributed by atoms with E-state index >= 15 is 0 Å². The van der Waals surface area contributed by atoms with Crippen molar-refractivity contribution in [2.24, 2.45) is 0 Å². The number of hydrogen-bond donors (Lipinski definition) is 1. The molecule has 4 rings (SSSR count). The van der Waals surface area contributed by atoms with Crippen LogP contribution in [0.15, 0.2) is 23.7 Å². The number of hydrogen-bond acceptors (Lipinski definition) is 9. The molecule has 0 spiro atoms. The molecule has 2 aromatic rings. The molecule has 148 valence electrons. The fourth-order valence-electron chi connectivity index (χ4n) is 2.85. The molecule has 0 saturated carbocycles. The van der Waals surface area contributed by atoms with Crippen molar-refractivity contribution in [2.75, 3.05) is 50.5 Å². The van der Waals surface area contributed by atoms with E-state index < -0.39 is 10.1 Å². The van der Waals surface area contributed by atoms with Gasteiger partial charge in [-0.2, -0.15) is 8.42 Å². The number of benzene rings is 1. The summed E-state index contributed by atoms with van der Waals surface area (Å²) in [7, 11) is -3.67. The normalized spacial score (nSPS) is 17.2. The molecule has 1 N–H and O–H groups in total. The Kier molecular flexibility index (Phi) is 6.47. The summed E-state index contributed by atoms with van der Waals surface area (Å²) in [5, 5.41) is 9.08. The third kappa shape index (κ3) is 6.31. The first-order valence-corrected chi connectivity index (χ1v) is 11.2.